The van der Waals surface area contributed by atoms with Crippen molar-refractivity contribution in [1.82, 2.24) is 9.78 Å². The number of esters is 1. The van der Waals surface area contributed by atoms with Crippen LogP contribution in [0.5, 0.6) is 0 Å². The van der Waals surface area contributed by atoms with Gasteiger partial charge in [0.25, 0.3) is 0 Å². The highest BCUT2D eigenvalue weighted by atomic mass is 79.9. The molecule has 2 aromatic carbocycles. The van der Waals surface area contributed by atoms with Crippen molar-refractivity contribution in [3.05, 3.63) is 74.7 Å². The third-order valence-electron chi connectivity index (χ3n) is 4.40. The first kappa shape index (κ1) is 21.8. The lowest BCUT2D eigenvalue weighted by molar-refractivity contribution is 0.0606. The van der Waals surface area contributed by atoms with Gasteiger partial charge in [-0.15, -0.1) is 11.3 Å². The average Bonchev–Trinajstić information content (AvgIpc) is 3.32. The van der Waals surface area contributed by atoms with Gasteiger partial charge >= 0.3 is 5.97 Å². The number of halogens is 2. The molecular formula is C21H16BrClN4O2S2. The number of hydrogen-bond donors (Lipinski definition) is 2. The molecule has 0 aliphatic rings. The smallest absolute Gasteiger partial charge is 0.349 e. The second-order valence-corrected chi connectivity index (χ2v) is 9.31. The van der Waals surface area contributed by atoms with Gasteiger partial charge in [0.15, 0.2) is 10.9 Å². The maximum atomic E-state index is 11.8. The van der Waals surface area contributed by atoms with Gasteiger partial charge < -0.3 is 15.4 Å². The first-order valence-electron chi connectivity index (χ1n) is 9.09. The van der Waals surface area contributed by atoms with E-state index in [2.05, 4.69) is 31.7 Å². The van der Waals surface area contributed by atoms with Crippen LogP contribution in [-0.2, 0) is 11.3 Å². The van der Waals surface area contributed by atoms with Crippen molar-refractivity contribution in [3.63, 3.8) is 0 Å². The molecule has 2 aromatic heterocycles. The number of thiophene rings is 1. The lowest BCUT2D eigenvalue weighted by atomic mass is 10.2. The third kappa shape index (κ3) is 5.07. The molecule has 158 valence electrons. The van der Waals surface area contributed by atoms with Crippen LogP contribution in [0, 0.1) is 0 Å². The van der Waals surface area contributed by atoms with E-state index in [-0.39, 0.29) is 0 Å². The fourth-order valence-corrected chi connectivity index (χ4v) is 4.89. The van der Waals surface area contributed by atoms with E-state index in [1.807, 2.05) is 59.4 Å². The molecule has 0 saturated carbocycles. The minimum absolute atomic E-state index is 0.383. The van der Waals surface area contributed by atoms with Gasteiger partial charge in [-0.05, 0) is 48.1 Å². The number of fused-ring (bicyclic) bond motifs is 1. The van der Waals surface area contributed by atoms with Crippen molar-refractivity contribution in [1.29, 1.82) is 0 Å². The Morgan fingerprint density at radius 1 is 1.23 bits per heavy atom. The van der Waals surface area contributed by atoms with Crippen LogP contribution in [-0.4, -0.2) is 28.0 Å². The third-order valence-corrected chi connectivity index (χ3v) is 6.77. The molecule has 0 amide bonds. The zero-order valence-electron chi connectivity index (χ0n) is 16.2. The van der Waals surface area contributed by atoms with Gasteiger partial charge in [0.1, 0.15) is 4.88 Å². The summed E-state index contributed by atoms with van der Waals surface area (Å²) in [5.74, 6) is 0.194. The Hall–Kier alpha value is -2.46. The van der Waals surface area contributed by atoms with E-state index in [9.17, 15) is 4.79 Å². The van der Waals surface area contributed by atoms with Crippen molar-refractivity contribution < 1.29 is 9.53 Å². The van der Waals surface area contributed by atoms with Crippen LogP contribution in [0.1, 0.15) is 15.2 Å². The second kappa shape index (κ2) is 9.35. The molecule has 0 fully saturated rings. The standard InChI is InChI=1S/C21H16BrClN4O2S2/c1-29-20(28)19-18(23)15-7-6-14(10-16(15)31-19)24-21(30)25-17-8-9-27(26-17)11-12-2-4-13(22)5-3-12/h2-10H,11H2,1H3,(H2,24,25,26,30). The fourth-order valence-electron chi connectivity index (χ4n) is 2.94. The number of thiocarbonyl (C=S) groups is 1. The number of anilines is 2. The van der Waals surface area contributed by atoms with E-state index >= 15 is 0 Å². The Labute approximate surface area is 201 Å². The Morgan fingerprint density at radius 2 is 2.00 bits per heavy atom. The van der Waals surface area contributed by atoms with Crippen LogP contribution in [0.15, 0.2) is 59.2 Å². The number of nitrogens with one attached hydrogen (secondary N) is 2. The summed E-state index contributed by atoms with van der Waals surface area (Å²) >= 11 is 16.4. The monoisotopic (exact) mass is 534 g/mol. The molecule has 4 aromatic rings. The average molecular weight is 536 g/mol. The maximum absolute atomic E-state index is 11.8. The molecule has 0 spiro atoms. The molecule has 31 heavy (non-hydrogen) atoms. The number of rotatable bonds is 5. The van der Waals surface area contributed by atoms with Crippen LogP contribution < -0.4 is 10.6 Å². The van der Waals surface area contributed by atoms with Gasteiger partial charge in [0, 0.05) is 32.5 Å². The van der Waals surface area contributed by atoms with E-state index in [0.717, 1.165) is 25.8 Å². The number of ether oxygens (including phenoxy) is 1. The first-order valence-corrected chi connectivity index (χ1v) is 11.5. The van der Waals surface area contributed by atoms with Crippen molar-refractivity contribution >= 4 is 83.8 Å². The molecule has 10 heteroatoms. The number of benzene rings is 2. The summed E-state index contributed by atoms with van der Waals surface area (Å²) in [6, 6.07) is 15.5. The van der Waals surface area contributed by atoms with Gasteiger partial charge in [0.05, 0.1) is 18.7 Å². The predicted octanol–water partition coefficient (Wildman–Crippen LogP) is 6.16. The molecule has 2 N–H and O–H groups in total. The Kier molecular flexibility index (Phi) is 6.57. The van der Waals surface area contributed by atoms with E-state index in [0.29, 0.717) is 27.4 Å². The van der Waals surface area contributed by atoms with Crippen LogP contribution in [0.4, 0.5) is 11.5 Å². The summed E-state index contributed by atoms with van der Waals surface area (Å²) < 4.78 is 8.52. The van der Waals surface area contributed by atoms with Gasteiger partial charge in [0.2, 0.25) is 0 Å². The second-order valence-electron chi connectivity index (χ2n) is 6.55. The van der Waals surface area contributed by atoms with Gasteiger partial charge in [-0.1, -0.05) is 39.7 Å². The van der Waals surface area contributed by atoms with Crippen molar-refractivity contribution in [2.24, 2.45) is 0 Å². The number of hydrogen-bond acceptors (Lipinski definition) is 5. The van der Waals surface area contributed by atoms with Crippen LogP contribution in [0.25, 0.3) is 10.1 Å². The lowest BCUT2D eigenvalue weighted by Crippen LogP contribution is -2.19. The van der Waals surface area contributed by atoms with Crippen LogP contribution >= 0.6 is 51.1 Å². The molecule has 6 nitrogen and oxygen atoms in total. The zero-order chi connectivity index (χ0) is 22.0. The quantitative estimate of drug-likeness (QED) is 0.236. The Morgan fingerprint density at radius 3 is 2.74 bits per heavy atom. The number of carbonyl (C=O) groups is 1. The highest BCUT2D eigenvalue weighted by Gasteiger charge is 2.17. The summed E-state index contributed by atoms with van der Waals surface area (Å²) in [4.78, 5) is 12.2. The number of carbonyl (C=O) groups excluding carboxylic acids is 1. The number of methoxy groups -OCH3 is 1. The molecule has 0 aliphatic heterocycles. The van der Waals surface area contributed by atoms with E-state index < -0.39 is 5.97 Å². The highest BCUT2D eigenvalue weighted by Crippen LogP contribution is 2.37. The van der Waals surface area contributed by atoms with Gasteiger partial charge in [-0.25, -0.2) is 4.79 Å². The first-order chi connectivity index (χ1) is 14.9. The van der Waals surface area contributed by atoms with E-state index in [4.69, 9.17) is 28.6 Å². The SMILES string of the molecule is COC(=O)c1sc2cc(NC(=S)Nc3ccn(Cc4ccc(Br)cc4)n3)ccc2c1Cl. The summed E-state index contributed by atoms with van der Waals surface area (Å²) in [6.45, 7) is 0.660. The van der Waals surface area contributed by atoms with Crippen molar-refractivity contribution in [3.8, 4) is 0 Å². The minimum Gasteiger partial charge on any atom is -0.465 e. The van der Waals surface area contributed by atoms with E-state index in [1.165, 1.54) is 18.4 Å². The zero-order valence-corrected chi connectivity index (χ0v) is 20.2. The maximum Gasteiger partial charge on any atom is 0.349 e. The Bertz CT molecular complexity index is 1270. The summed E-state index contributed by atoms with van der Waals surface area (Å²) in [5, 5.41) is 12.3. The minimum atomic E-state index is -0.448. The number of aromatic nitrogens is 2. The van der Waals surface area contributed by atoms with Gasteiger partial charge in [-0.3, -0.25) is 4.68 Å². The Balaban J connectivity index is 1.41. The van der Waals surface area contributed by atoms with Crippen molar-refractivity contribution in [2.45, 2.75) is 6.54 Å². The fraction of sp³-hybridized carbons (Fsp3) is 0.0952. The van der Waals surface area contributed by atoms with Crippen LogP contribution in [0.2, 0.25) is 5.02 Å². The molecule has 0 aliphatic carbocycles. The predicted molar refractivity (Wildman–Crippen MR) is 133 cm³/mol. The number of nitrogens with zero attached hydrogens (tertiary/aromatic N) is 2. The molecular weight excluding hydrogens is 520 g/mol. The molecule has 4 rings (SSSR count). The topological polar surface area (TPSA) is 68.2 Å². The molecule has 0 radical (unpaired) electrons. The lowest BCUT2D eigenvalue weighted by Gasteiger charge is -2.09. The molecule has 0 unspecified atom stereocenters. The summed E-state index contributed by atoms with van der Waals surface area (Å²) in [5.41, 5.74) is 1.92. The van der Waals surface area contributed by atoms with E-state index in [1.54, 1.807) is 0 Å². The van der Waals surface area contributed by atoms with Crippen LogP contribution in [0.3, 0.4) is 0 Å². The molecule has 0 saturated heterocycles. The highest BCUT2D eigenvalue weighted by molar-refractivity contribution is 9.10. The normalized spacial score (nSPS) is 10.8. The molecule has 0 atom stereocenters. The van der Waals surface area contributed by atoms with Gasteiger partial charge in [-0.2, -0.15) is 5.10 Å². The molecule has 0 bridgehead atoms. The molecule has 2 heterocycles. The van der Waals surface area contributed by atoms with Crippen molar-refractivity contribution in [2.75, 3.05) is 17.7 Å². The summed E-state index contributed by atoms with van der Waals surface area (Å²) in [6.07, 6.45) is 1.89. The summed E-state index contributed by atoms with van der Waals surface area (Å²) in [7, 11) is 1.33. The largest absolute Gasteiger partial charge is 0.465 e.